The number of anilines is 1. The van der Waals surface area contributed by atoms with E-state index in [1.807, 2.05) is 0 Å². The number of pyridine rings is 1. The highest BCUT2D eigenvalue weighted by molar-refractivity contribution is 5.85. The monoisotopic (exact) mass is 501 g/mol. The molecule has 36 heavy (non-hydrogen) atoms. The highest BCUT2D eigenvalue weighted by atomic mass is 19.3. The summed E-state index contributed by atoms with van der Waals surface area (Å²) in [7, 11) is 1.34. The first-order valence-corrected chi connectivity index (χ1v) is 11.4. The minimum atomic E-state index is -2.78. The molecule has 1 amide bonds. The molecule has 0 radical (unpaired) electrons. The molecule has 2 aromatic heterocycles. The van der Waals surface area contributed by atoms with Crippen LogP contribution in [0.2, 0.25) is 0 Å². The lowest BCUT2D eigenvalue weighted by Crippen LogP contribution is -2.39. The third kappa shape index (κ3) is 5.67. The zero-order valence-electron chi connectivity index (χ0n) is 19.9. The van der Waals surface area contributed by atoms with E-state index < -0.39 is 17.9 Å². The normalized spacial score (nSPS) is 14.2. The predicted molar refractivity (Wildman–Crippen MR) is 127 cm³/mol. The van der Waals surface area contributed by atoms with Crippen molar-refractivity contribution in [3.63, 3.8) is 0 Å². The Labute approximate surface area is 206 Å². The molecule has 1 fully saturated rings. The average molecular weight is 502 g/mol. The van der Waals surface area contributed by atoms with Crippen LogP contribution in [0.4, 0.5) is 23.9 Å². The van der Waals surface area contributed by atoms with E-state index in [0.29, 0.717) is 54.0 Å². The highest BCUT2D eigenvalue weighted by Gasteiger charge is 2.26. The van der Waals surface area contributed by atoms with Crippen molar-refractivity contribution in [2.45, 2.75) is 26.2 Å². The highest BCUT2D eigenvalue weighted by Crippen LogP contribution is 2.39. The number of nitrogen functional groups attached to an aromatic ring is 1. The van der Waals surface area contributed by atoms with Crippen molar-refractivity contribution < 1.29 is 27.4 Å². The number of hydrogen-bond acceptors (Lipinski definition) is 7. The number of carbonyl (C=O) groups is 1. The first-order valence-electron chi connectivity index (χ1n) is 11.4. The Hall–Kier alpha value is -3.89. The van der Waals surface area contributed by atoms with E-state index >= 15 is 0 Å². The number of nitrogens with two attached hydrogens (primary N) is 1. The number of piperidine rings is 1. The van der Waals surface area contributed by atoms with Crippen LogP contribution in [0, 0.1) is 18.7 Å². The van der Waals surface area contributed by atoms with Gasteiger partial charge in [-0.2, -0.15) is 4.98 Å². The maximum atomic E-state index is 13.6. The molecule has 0 unspecified atom stereocenters. The van der Waals surface area contributed by atoms with Gasteiger partial charge in [0, 0.05) is 24.3 Å². The molecule has 1 aromatic carbocycles. The number of alkyl halides is 2. The summed E-state index contributed by atoms with van der Waals surface area (Å²) in [5, 5.41) is 0. The van der Waals surface area contributed by atoms with Gasteiger partial charge in [0.05, 0.1) is 25.0 Å². The number of likely N-dealkylation sites (tertiary alicyclic amines) is 1. The quantitative estimate of drug-likeness (QED) is 0.505. The van der Waals surface area contributed by atoms with Crippen LogP contribution < -0.4 is 10.5 Å². The van der Waals surface area contributed by atoms with Crippen molar-refractivity contribution in [2.75, 3.05) is 32.5 Å². The number of nitrogens with zero attached hydrogens (tertiary/aromatic N) is 4. The first kappa shape index (κ1) is 25.2. The van der Waals surface area contributed by atoms with Gasteiger partial charge in [-0.1, -0.05) is 0 Å². The molecule has 0 saturated carbocycles. The third-order valence-corrected chi connectivity index (χ3v) is 6.00. The van der Waals surface area contributed by atoms with Gasteiger partial charge in [0.25, 0.3) is 6.43 Å². The number of benzene rings is 1. The van der Waals surface area contributed by atoms with E-state index in [4.69, 9.17) is 15.2 Å². The lowest BCUT2D eigenvalue weighted by atomic mass is 9.97. The second-order valence-corrected chi connectivity index (χ2v) is 8.55. The molecule has 190 valence electrons. The Kier molecular flexibility index (Phi) is 7.56. The number of carbonyl (C=O) groups excluding carboxylic acids is 1. The summed E-state index contributed by atoms with van der Waals surface area (Å²) in [6, 6.07) is 8.49. The smallest absolute Gasteiger partial charge is 0.409 e. The zero-order chi connectivity index (χ0) is 25.8. The van der Waals surface area contributed by atoms with Crippen molar-refractivity contribution in [1.29, 1.82) is 0 Å². The summed E-state index contributed by atoms with van der Waals surface area (Å²) in [6.07, 6.45) is -1.76. The molecule has 8 nitrogen and oxygen atoms in total. The molecule has 3 aromatic rings. The van der Waals surface area contributed by atoms with Gasteiger partial charge in [0.15, 0.2) is 0 Å². The maximum absolute atomic E-state index is 13.6. The van der Waals surface area contributed by atoms with Crippen LogP contribution >= 0.6 is 0 Å². The lowest BCUT2D eigenvalue weighted by molar-refractivity contribution is 0.0960. The SMILES string of the molecule is COC(=O)N1CCC(COc2nc(N)nc(-c3ccc(F)cc3)c2-c2cc(C)nc(C(F)F)c2)CC1. The first-order chi connectivity index (χ1) is 17.2. The topological polar surface area (TPSA) is 103 Å². The molecule has 0 bridgehead atoms. The fourth-order valence-corrected chi connectivity index (χ4v) is 4.20. The number of ether oxygens (including phenoxy) is 2. The Balaban J connectivity index is 1.71. The van der Waals surface area contributed by atoms with Crippen molar-refractivity contribution in [2.24, 2.45) is 5.92 Å². The Morgan fingerprint density at radius 3 is 2.44 bits per heavy atom. The van der Waals surface area contributed by atoms with Gasteiger partial charge in [0.1, 0.15) is 11.5 Å². The van der Waals surface area contributed by atoms with Gasteiger partial charge in [-0.15, -0.1) is 0 Å². The Morgan fingerprint density at radius 1 is 1.11 bits per heavy atom. The molecular formula is C25H26F3N5O3. The fourth-order valence-electron chi connectivity index (χ4n) is 4.20. The van der Waals surface area contributed by atoms with Gasteiger partial charge in [0.2, 0.25) is 11.8 Å². The van der Waals surface area contributed by atoms with E-state index in [1.54, 1.807) is 17.9 Å². The van der Waals surface area contributed by atoms with Gasteiger partial charge in [-0.3, -0.25) is 4.98 Å². The molecule has 0 spiro atoms. The Bertz CT molecular complexity index is 1230. The van der Waals surface area contributed by atoms with E-state index in [9.17, 15) is 18.0 Å². The largest absolute Gasteiger partial charge is 0.477 e. The summed E-state index contributed by atoms with van der Waals surface area (Å²) < 4.78 is 51.6. The molecule has 3 heterocycles. The molecule has 1 saturated heterocycles. The second kappa shape index (κ2) is 10.8. The summed E-state index contributed by atoms with van der Waals surface area (Å²) in [4.78, 5) is 25.9. The van der Waals surface area contributed by atoms with Gasteiger partial charge in [-0.25, -0.2) is 22.9 Å². The average Bonchev–Trinajstić information content (AvgIpc) is 2.87. The number of rotatable bonds is 6. The molecule has 2 N–H and O–H groups in total. The summed E-state index contributed by atoms with van der Waals surface area (Å²) in [5.41, 5.74) is 7.56. The maximum Gasteiger partial charge on any atom is 0.409 e. The number of methoxy groups -OCH3 is 1. The van der Waals surface area contributed by atoms with Crippen molar-refractivity contribution in [3.05, 3.63) is 53.6 Å². The zero-order valence-corrected chi connectivity index (χ0v) is 19.9. The van der Waals surface area contributed by atoms with Crippen LogP contribution in [0.5, 0.6) is 5.88 Å². The van der Waals surface area contributed by atoms with E-state index in [0.717, 1.165) is 0 Å². The van der Waals surface area contributed by atoms with Crippen LogP contribution in [0.1, 0.15) is 30.7 Å². The second-order valence-electron chi connectivity index (χ2n) is 8.55. The molecule has 0 atom stereocenters. The molecule has 4 rings (SSSR count). The number of amides is 1. The third-order valence-electron chi connectivity index (χ3n) is 6.00. The number of hydrogen-bond donors (Lipinski definition) is 1. The predicted octanol–water partition coefficient (Wildman–Crippen LogP) is 5.03. The van der Waals surface area contributed by atoms with Crippen molar-refractivity contribution >= 4 is 12.0 Å². The molecule has 1 aliphatic heterocycles. The number of aromatic nitrogens is 3. The van der Waals surface area contributed by atoms with Crippen LogP contribution in [-0.2, 0) is 4.74 Å². The van der Waals surface area contributed by atoms with Crippen molar-refractivity contribution in [1.82, 2.24) is 19.9 Å². The molecule has 11 heteroatoms. The minimum Gasteiger partial charge on any atom is -0.477 e. The van der Waals surface area contributed by atoms with Crippen molar-refractivity contribution in [3.8, 4) is 28.3 Å². The van der Waals surface area contributed by atoms with Crippen LogP contribution in [0.25, 0.3) is 22.4 Å². The van der Waals surface area contributed by atoms with Crippen LogP contribution in [0.3, 0.4) is 0 Å². The fraction of sp³-hybridized carbons (Fsp3) is 0.360. The Morgan fingerprint density at radius 2 is 1.81 bits per heavy atom. The number of halogens is 3. The van der Waals surface area contributed by atoms with E-state index in [1.165, 1.54) is 37.4 Å². The van der Waals surface area contributed by atoms with Gasteiger partial charge >= 0.3 is 6.09 Å². The van der Waals surface area contributed by atoms with E-state index in [2.05, 4.69) is 15.0 Å². The lowest BCUT2D eigenvalue weighted by Gasteiger charge is -2.30. The van der Waals surface area contributed by atoms with Crippen LogP contribution in [-0.4, -0.2) is 52.8 Å². The van der Waals surface area contributed by atoms with Gasteiger partial charge < -0.3 is 20.1 Å². The van der Waals surface area contributed by atoms with Crippen LogP contribution in [0.15, 0.2) is 36.4 Å². The summed E-state index contributed by atoms with van der Waals surface area (Å²) >= 11 is 0. The summed E-state index contributed by atoms with van der Waals surface area (Å²) in [5.74, 6) is -0.256. The molecule has 1 aliphatic rings. The van der Waals surface area contributed by atoms with E-state index in [-0.39, 0.29) is 30.4 Å². The molecular weight excluding hydrogens is 475 g/mol. The molecule has 0 aliphatic carbocycles. The number of aryl methyl sites for hydroxylation is 1. The minimum absolute atomic E-state index is 0.0755. The standard InChI is InChI=1S/C25H26F3N5O3/c1-14-11-17(12-19(30-14)22(27)28)20-21(16-3-5-18(26)6-4-16)31-24(29)32-23(20)36-13-15-7-9-33(10-8-15)25(34)35-2/h3-6,11-12,15,22H,7-10,13H2,1-2H3,(H2,29,31,32). The summed E-state index contributed by atoms with van der Waals surface area (Å²) in [6.45, 7) is 2.94. The van der Waals surface area contributed by atoms with Gasteiger partial charge in [-0.05, 0) is 67.6 Å².